The number of carbonyl (C=O) groups is 1. The van der Waals surface area contributed by atoms with Crippen LogP contribution in [-0.4, -0.2) is 62.9 Å². The molecule has 2 aliphatic rings. The zero-order chi connectivity index (χ0) is 10.5. The van der Waals surface area contributed by atoms with Crippen LogP contribution < -0.4 is 5.32 Å². The number of rotatable bonds is 1. The number of hydrogen-bond acceptors (Lipinski definition) is 4. The summed E-state index contributed by atoms with van der Waals surface area (Å²) in [6.45, 7) is 4.99. The average Bonchev–Trinajstić information content (AvgIpc) is 2.58. The zero-order valence-corrected chi connectivity index (χ0v) is 8.91. The molecule has 0 aromatic carbocycles. The van der Waals surface area contributed by atoms with E-state index in [0.717, 1.165) is 26.1 Å². The summed E-state index contributed by atoms with van der Waals surface area (Å²) in [4.78, 5) is 13.9. The van der Waals surface area contributed by atoms with Gasteiger partial charge in [0, 0.05) is 32.8 Å². The Morgan fingerprint density at radius 3 is 3.00 bits per heavy atom. The first kappa shape index (κ1) is 10.9. The lowest BCUT2D eigenvalue weighted by molar-refractivity contribution is -0.145. The first-order chi connectivity index (χ1) is 7.38. The van der Waals surface area contributed by atoms with E-state index in [-0.39, 0.29) is 12.0 Å². The van der Waals surface area contributed by atoms with E-state index in [4.69, 9.17) is 9.47 Å². The van der Waals surface area contributed by atoms with Crippen molar-refractivity contribution in [3.05, 3.63) is 0 Å². The molecule has 5 nitrogen and oxygen atoms in total. The molecular weight excluding hydrogens is 196 g/mol. The third-order valence-corrected chi connectivity index (χ3v) is 2.74. The Labute approximate surface area is 89.7 Å². The molecule has 2 heterocycles. The molecule has 2 rings (SSSR count). The second-order valence-corrected chi connectivity index (χ2v) is 3.85. The minimum Gasteiger partial charge on any atom is -0.380 e. The third kappa shape index (κ3) is 2.90. The van der Waals surface area contributed by atoms with Crippen LogP contribution in [0.1, 0.15) is 6.42 Å². The van der Waals surface area contributed by atoms with Crippen molar-refractivity contribution in [3.8, 4) is 0 Å². The zero-order valence-electron chi connectivity index (χ0n) is 8.91. The quantitative estimate of drug-likeness (QED) is 0.622. The molecule has 0 bridgehead atoms. The predicted molar refractivity (Wildman–Crippen MR) is 54.6 cm³/mol. The Bertz CT molecular complexity index is 209. The van der Waals surface area contributed by atoms with Crippen LogP contribution in [0.2, 0.25) is 0 Å². The first-order valence-electron chi connectivity index (χ1n) is 5.57. The summed E-state index contributed by atoms with van der Waals surface area (Å²) < 4.78 is 10.8. The molecular formula is C10H18N2O3. The molecule has 0 radical (unpaired) electrons. The SMILES string of the molecule is O=C([C@H]1CNCCO1)N1CCCOCC1. The first-order valence-corrected chi connectivity index (χ1v) is 5.57. The molecule has 2 saturated heterocycles. The highest BCUT2D eigenvalue weighted by molar-refractivity contribution is 5.81. The predicted octanol–water partition coefficient (Wildman–Crippen LogP) is -0.776. The van der Waals surface area contributed by atoms with Gasteiger partial charge in [0.25, 0.3) is 5.91 Å². The van der Waals surface area contributed by atoms with Crippen molar-refractivity contribution in [2.24, 2.45) is 0 Å². The maximum absolute atomic E-state index is 12.0. The van der Waals surface area contributed by atoms with Gasteiger partial charge in [0.05, 0.1) is 13.2 Å². The van der Waals surface area contributed by atoms with Gasteiger partial charge in [-0.25, -0.2) is 0 Å². The van der Waals surface area contributed by atoms with E-state index in [9.17, 15) is 4.79 Å². The van der Waals surface area contributed by atoms with E-state index in [1.807, 2.05) is 4.90 Å². The van der Waals surface area contributed by atoms with E-state index >= 15 is 0 Å². The minimum absolute atomic E-state index is 0.104. The van der Waals surface area contributed by atoms with Crippen LogP contribution in [0.3, 0.4) is 0 Å². The molecule has 2 fully saturated rings. The van der Waals surface area contributed by atoms with Gasteiger partial charge in [-0.15, -0.1) is 0 Å². The Kier molecular flexibility index (Phi) is 3.94. The Balaban J connectivity index is 1.87. The molecule has 0 aromatic rings. The molecule has 0 unspecified atom stereocenters. The molecule has 86 valence electrons. The average molecular weight is 214 g/mol. The maximum Gasteiger partial charge on any atom is 0.253 e. The second-order valence-electron chi connectivity index (χ2n) is 3.85. The second kappa shape index (κ2) is 5.44. The molecule has 0 aromatic heterocycles. The molecule has 15 heavy (non-hydrogen) atoms. The van der Waals surface area contributed by atoms with Crippen LogP contribution in [0.25, 0.3) is 0 Å². The van der Waals surface area contributed by atoms with Crippen LogP contribution in [0, 0.1) is 0 Å². The number of nitrogens with zero attached hydrogens (tertiary/aromatic N) is 1. The normalized spacial score (nSPS) is 28.5. The van der Waals surface area contributed by atoms with Gasteiger partial charge >= 0.3 is 0 Å². The number of ether oxygens (including phenoxy) is 2. The van der Waals surface area contributed by atoms with E-state index in [2.05, 4.69) is 5.32 Å². The molecule has 0 spiro atoms. The van der Waals surface area contributed by atoms with Crippen LogP contribution in [0.15, 0.2) is 0 Å². The summed E-state index contributed by atoms with van der Waals surface area (Å²) in [5.41, 5.74) is 0. The fourth-order valence-corrected chi connectivity index (χ4v) is 1.89. The van der Waals surface area contributed by atoms with Gasteiger partial charge in [-0.1, -0.05) is 0 Å². The van der Waals surface area contributed by atoms with Gasteiger partial charge < -0.3 is 19.7 Å². The third-order valence-electron chi connectivity index (χ3n) is 2.74. The standard InChI is InChI=1S/C10H18N2O3/c13-10(9-8-11-2-6-15-9)12-3-1-5-14-7-4-12/h9,11H,1-8H2/t9-/m1/s1. The van der Waals surface area contributed by atoms with E-state index in [0.29, 0.717) is 26.3 Å². The van der Waals surface area contributed by atoms with Crippen molar-refractivity contribution in [1.29, 1.82) is 0 Å². The highest BCUT2D eigenvalue weighted by atomic mass is 16.5. The lowest BCUT2D eigenvalue weighted by Crippen LogP contribution is -2.50. The van der Waals surface area contributed by atoms with E-state index in [1.165, 1.54) is 0 Å². The summed E-state index contributed by atoms with van der Waals surface area (Å²) in [6, 6.07) is 0. The molecule has 1 N–H and O–H groups in total. The van der Waals surface area contributed by atoms with Crippen LogP contribution in [-0.2, 0) is 14.3 Å². The highest BCUT2D eigenvalue weighted by Gasteiger charge is 2.27. The summed E-state index contributed by atoms with van der Waals surface area (Å²) in [6.07, 6.45) is 0.628. The number of carbonyl (C=O) groups excluding carboxylic acids is 1. The van der Waals surface area contributed by atoms with Gasteiger partial charge in [0.15, 0.2) is 0 Å². The fourth-order valence-electron chi connectivity index (χ4n) is 1.89. The van der Waals surface area contributed by atoms with Gasteiger partial charge in [0.1, 0.15) is 6.10 Å². The number of morpholine rings is 1. The largest absolute Gasteiger partial charge is 0.380 e. The topological polar surface area (TPSA) is 50.8 Å². The van der Waals surface area contributed by atoms with Crippen molar-refractivity contribution >= 4 is 5.91 Å². The molecule has 5 heteroatoms. The summed E-state index contributed by atoms with van der Waals surface area (Å²) in [5.74, 6) is 0.104. The Morgan fingerprint density at radius 1 is 1.27 bits per heavy atom. The van der Waals surface area contributed by atoms with Crippen LogP contribution >= 0.6 is 0 Å². The fraction of sp³-hybridized carbons (Fsp3) is 0.900. The Morgan fingerprint density at radius 2 is 2.20 bits per heavy atom. The summed E-state index contributed by atoms with van der Waals surface area (Å²) >= 11 is 0. The van der Waals surface area contributed by atoms with E-state index < -0.39 is 0 Å². The smallest absolute Gasteiger partial charge is 0.253 e. The van der Waals surface area contributed by atoms with Gasteiger partial charge in [-0.3, -0.25) is 4.79 Å². The summed E-state index contributed by atoms with van der Waals surface area (Å²) in [5, 5.41) is 3.17. The monoisotopic (exact) mass is 214 g/mol. The lowest BCUT2D eigenvalue weighted by atomic mass is 10.2. The van der Waals surface area contributed by atoms with Gasteiger partial charge in [-0.05, 0) is 6.42 Å². The van der Waals surface area contributed by atoms with Crippen LogP contribution in [0.5, 0.6) is 0 Å². The van der Waals surface area contributed by atoms with Crippen molar-refractivity contribution < 1.29 is 14.3 Å². The molecule has 1 amide bonds. The van der Waals surface area contributed by atoms with Crippen molar-refractivity contribution in [3.63, 3.8) is 0 Å². The molecule has 1 atom stereocenters. The van der Waals surface area contributed by atoms with Crippen LogP contribution in [0.4, 0.5) is 0 Å². The van der Waals surface area contributed by atoms with Crippen molar-refractivity contribution in [2.45, 2.75) is 12.5 Å². The highest BCUT2D eigenvalue weighted by Crippen LogP contribution is 2.06. The maximum atomic E-state index is 12.0. The van der Waals surface area contributed by atoms with Gasteiger partial charge in [0.2, 0.25) is 0 Å². The number of hydrogen-bond donors (Lipinski definition) is 1. The molecule has 0 aliphatic carbocycles. The number of amides is 1. The lowest BCUT2D eigenvalue weighted by Gasteiger charge is -2.28. The molecule has 0 saturated carbocycles. The van der Waals surface area contributed by atoms with Crippen molar-refractivity contribution in [2.75, 3.05) is 46.0 Å². The Hall–Kier alpha value is -0.650. The number of nitrogens with one attached hydrogen (secondary N) is 1. The van der Waals surface area contributed by atoms with Crippen molar-refractivity contribution in [1.82, 2.24) is 10.2 Å². The van der Waals surface area contributed by atoms with E-state index in [1.54, 1.807) is 0 Å². The summed E-state index contributed by atoms with van der Waals surface area (Å²) in [7, 11) is 0. The van der Waals surface area contributed by atoms with Gasteiger partial charge in [-0.2, -0.15) is 0 Å². The molecule has 2 aliphatic heterocycles. The minimum atomic E-state index is -0.295.